The van der Waals surface area contributed by atoms with E-state index in [4.69, 9.17) is 14.6 Å². The summed E-state index contributed by atoms with van der Waals surface area (Å²) in [6.45, 7) is 2.98. The first kappa shape index (κ1) is 11.6. The molecule has 92 valence electrons. The Hall–Kier alpha value is -1.91. The highest BCUT2D eigenvalue weighted by atomic mass is 16.5. The first-order valence-electron chi connectivity index (χ1n) is 5.40. The summed E-state index contributed by atoms with van der Waals surface area (Å²) in [6, 6.07) is 3.69. The second-order valence-corrected chi connectivity index (χ2v) is 3.96. The third-order valence-corrected chi connectivity index (χ3v) is 2.74. The standard InChI is InChI=1S/C12H15NO4/c1-8-5-9(16-2)6-10-12(8)17-4-3-13(10)7-11(14)15/h5-6H,3-4,7H2,1-2H3,(H,14,15). The molecule has 1 aliphatic heterocycles. The van der Waals surface area contributed by atoms with Gasteiger partial charge in [-0.1, -0.05) is 0 Å². The third-order valence-electron chi connectivity index (χ3n) is 2.74. The molecule has 0 spiro atoms. The van der Waals surface area contributed by atoms with E-state index in [0.717, 1.165) is 17.0 Å². The van der Waals surface area contributed by atoms with E-state index < -0.39 is 5.97 Å². The van der Waals surface area contributed by atoms with E-state index in [0.29, 0.717) is 18.9 Å². The molecule has 1 aliphatic rings. The first-order valence-corrected chi connectivity index (χ1v) is 5.40. The monoisotopic (exact) mass is 237 g/mol. The van der Waals surface area contributed by atoms with Gasteiger partial charge in [0.05, 0.1) is 19.3 Å². The minimum absolute atomic E-state index is 0.0248. The molecule has 0 aliphatic carbocycles. The fourth-order valence-electron chi connectivity index (χ4n) is 1.97. The number of methoxy groups -OCH3 is 1. The number of carboxylic acid groups (broad SMARTS) is 1. The number of benzene rings is 1. The lowest BCUT2D eigenvalue weighted by Gasteiger charge is -2.31. The van der Waals surface area contributed by atoms with Gasteiger partial charge < -0.3 is 19.5 Å². The van der Waals surface area contributed by atoms with E-state index in [-0.39, 0.29) is 6.54 Å². The molecule has 5 nitrogen and oxygen atoms in total. The van der Waals surface area contributed by atoms with Crippen LogP contribution in [-0.2, 0) is 4.79 Å². The molecular formula is C12H15NO4. The van der Waals surface area contributed by atoms with Crippen LogP contribution in [-0.4, -0.2) is 37.9 Å². The Morgan fingerprint density at radius 1 is 1.59 bits per heavy atom. The van der Waals surface area contributed by atoms with Crippen molar-refractivity contribution in [2.75, 3.05) is 31.7 Å². The second-order valence-electron chi connectivity index (χ2n) is 3.96. The smallest absolute Gasteiger partial charge is 0.323 e. The highest BCUT2D eigenvalue weighted by Crippen LogP contribution is 2.38. The summed E-state index contributed by atoms with van der Waals surface area (Å²) < 4.78 is 10.8. The second kappa shape index (κ2) is 4.53. The van der Waals surface area contributed by atoms with Crippen molar-refractivity contribution in [1.82, 2.24) is 0 Å². The van der Waals surface area contributed by atoms with Gasteiger partial charge in [-0.3, -0.25) is 4.79 Å². The average molecular weight is 237 g/mol. The quantitative estimate of drug-likeness (QED) is 0.858. The van der Waals surface area contributed by atoms with Crippen molar-refractivity contribution in [1.29, 1.82) is 0 Å². The summed E-state index contributed by atoms with van der Waals surface area (Å²) in [5.74, 6) is 0.610. The lowest BCUT2D eigenvalue weighted by molar-refractivity contribution is -0.135. The van der Waals surface area contributed by atoms with Crippen LogP contribution in [0.4, 0.5) is 5.69 Å². The van der Waals surface area contributed by atoms with E-state index in [1.54, 1.807) is 12.0 Å². The summed E-state index contributed by atoms with van der Waals surface area (Å²) in [6.07, 6.45) is 0. The van der Waals surface area contributed by atoms with Crippen molar-refractivity contribution in [2.45, 2.75) is 6.92 Å². The highest BCUT2D eigenvalue weighted by molar-refractivity contribution is 5.76. The van der Waals surface area contributed by atoms with Crippen LogP contribution >= 0.6 is 0 Å². The number of ether oxygens (including phenoxy) is 2. The van der Waals surface area contributed by atoms with Crippen molar-refractivity contribution >= 4 is 11.7 Å². The van der Waals surface area contributed by atoms with Gasteiger partial charge in [-0.15, -0.1) is 0 Å². The third kappa shape index (κ3) is 2.27. The Morgan fingerprint density at radius 3 is 3.00 bits per heavy atom. The number of carboxylic acids is 1. The molecule has 5 heteroatoms. The van der Waals surface area contributed by atoms with Gasteiger partial charge in [0.25, 0.3) is 0 Å². The molecule has 0 bridgehead atoms. The minimum Gasteiger partial charge on any atom is -0.497 e. The Morgan fingerprint density at radius 2 is 2.35 bits per heavy atom. The summed E-state index contributed by atoms with van der Waals surface area (Å²) in [5, 5.41) is 8.87. The molecule has 1 N–H and O–H groups in total. The lowest BCUT2D eigenvalue weighted by atomic mass is 10.1. The van der Waals surface area contributed by atoms with Gasteiger partial charge in [0.1, 0.15) is 24.7 Å². The van der Waals surface area contributed by atoms with Crippen LogP contribution in [0.15, 0.2) is 12.1 Å². The van der Waals surface area contributed by atoms with E-state index in [2.05, 4.69) is 0 Å². The topological polar surface area (TPSA) is 59.0 Å². The van der Waals surface area contributed by atoms with Crippen LogP contribution in [0.3, 0.4) is 0 Å². The Balaban J connectivity index is 2.41. The van der Waals surface area contributed by atoms with Crippen LogP contribution in [0.1, 0.15) is 5.56 Å². The number of nitrogens with zero attached hydrogens (tertiary/aromatic N) is 1. The van der Waals surface area contributed by atoms with Crippen molar-refractivity contribution in [3.8, 4) is 11.5 Å². The van der Waals surface area contributed by atoms with E-state index in [1.807, 2.05) is 19.1 Å². The number of aryl methyl sites for hydroxylation is 1. The Kier molecular flexibility index (Phi) is 3.08. The summed E-state index contributed by atoms with van der Waals surface area (Å²) >= 11 is 0. The maximum Gasteiger partial charge on any atom is 0.323 e. The summed E-state index contributed by atoms with van der Waals surface area (Å²) in [7, 11) is 1.59. The van der Waals surface area contributed by atoms with E-state index in [9.17, 15) is 4.79 Å². The molecule has 0 amide bonds. The minimum atomic E-state index is -0.849. The zero-order valence-corrected chi connectivity index (χ0v) is 9.90. The average Bonchev–Trinajstić information content (AvgIpc) is 2.29. The van der Waals surface area contributed by atoms with Crippen molar-refractivity contribution in [2.24, 2.45) is 0 Å². The van der Waals surface area contributed by atoms with Gasteiger partial charge in [0, 0.05) is 6.07 Å². The fraction of sp³-hybridized carbons (Fsp3) is 0.417. The molecule has 0 saturated heterocycles. The zero-order valence-electron chi connectivity index (χ0n) is 9.90. The van der Waals surface area contributed by atoms with Crippen LogP contribution in [0.5, 0.6) is 11.5 Å². The molecule has 1 aromatic rings. The van der Waals surface area contributed by atoms with Crippen molar-refractivity contribution in [3.05, 3.63) is 17.7 Å². The predicted molar refractivity (Wildman–Crippen MR) is 63.1 cm³/mol. The normalized spacial score (nSPS) is 13.9. The van der Waals surface area contributed by atoms with Crippen molar-refractivity contribution < 1.29 is 19.4 Å². The maximum absolute atomic E-state index is 10.8. The van der Waals surface area contributed by atoms with Gasteiger partial charge >= 0.3 is 5.97 Å². The van der Waals surface area contributed by atoms with E-state index in [1.165, 1.54) is 0 Å². The highest BCUT2D eigenvalue weighted by Gasteiger charge is 2.22. The number of anilines is 1. The Labute approximate surface area is 99.6 Å². The van der Waals surface area contributed by atoms with Gasteiger partial charge in [0.15, 0.2) is 0 Å². The van der Waals surface area contributed by atoms with Crippen LogP contribution in [0.25, 0.3) is 0 Å². The number of hydrogen-bond acceptors (Lipinski definition) is 4. The molecular weight excluding hydrogens is 222 g/mol. The van der Waals surface area contributed by atoms with Gasteiger partial charge in [-0.25, -0.2) is 0 Å². The molecule has 2 rings (SSSR count). The first-order chi connectivity index (χ1) is 8.11. The number of hydrogen-bond donors (Lipinski definition) is 1. The van der Waals surface area contributed by atoms with Gasteiger partial charge in [-0.2, -0.15) is 0 Å². The molecule has 0 atom stereocenters. The lowest BCUT2D eigenvalue weighted by Crippen LogP contribution is -2.36. The van der Waals surface area contributed by atoms with Crippen LogP contribution in [0.2, 0.25) is 0 Å². The summed E-state index contributed by atoms with van der Waals surface area (Å²) in [5.41, 5.74) is 1.74. The molecule has 0 saturated carbocycles. The van der Waals surface area contributed by atoms with E-state index >= 15 is 0 Å². The van der Waals surface area contributed by atoms with Crippen LogP contribution < -0.4 is 14.4 Å². The van der Waals surface area contributed by atoms with Crippen molar-refractivity contribution in [3.63, 3.8) is 0 Å². The largest absolute Gasteiger partial charge is 0.497 e. The van der Waals surface area contributed by atoms with Gasteiger partial charge in [-0.05, 0) is 18.6 Å². The molecule has 0 unspecified atom stereocenters. The fourth-order valence-corrected chi connectivity index (χ4v) is 1.97. The number of aliphatic carboxylic acids is 1. The van der Waals surface area contributed by atoms with Gasteiger partial charge in [0.2, 0.25) is 0 Å². The zero-order chi connectivity index (χ0) is 12.4. The maximum atomic E-state index is 10.8. The molecule has 1 aromatic carbocycles. The molecule has 1 heterocycles. The SMILES string of the molecule is COc1cc(C)c2c(c1)N(CC(=O)O)CCO2. The Bertz CT molecular complexity index is 444. The summed E-state index contributed by atoms with van der Waals surface area (Å²) in [4.78, 5) is 12.6. The molecule has 17 heavy (non-hydrogen) atoms. The molecule has 0 aromatic heterocycles. The molecule has 0 fully saturated rings. The number of fused-ring (bicyclic) bond motifs is 1. The van der Waals surface area contributed by atoms with Crippen LogP contribution in [0, 0.1) is 6.92 Å². The molecule has 0 radical (unpaired) electrons. The number of carbonyl (C=O) groups is 1. The predicted octanol–water partition coefficient (Wildman–Crippen LogP) is 1.29. The number of rotatable bonds is 3.